The Balaban J connectivity index is 1.50. The zero-order chi connectivity index (χ0) is 29.9. The Labute approximate surface area is 249 Å². The summed E-state index contributed by atoms with van der Waals surface area (Å²) in [6.07, 6.45) is 3.31. The molecule has 2 unspecified atom stereocenters. The van der Waals surface area contributed by atoms with Gasteiger partial charge in [0.15, 0.2) is 0 Å². The molecule has 2 bridgehead atoms. The van der Waals surface area contributed by atoms with E-state index in [-0.39, 0.29) is 46.2 Å². The zero-order valence-electron chi connectivity index (χ0n) is 23.1. The van der Waals surface area contributed by atoms with E-state index in [1.807, 2.05) is 11.0 Å². The van der Waals surface area contributed by atoms with Crippen LogP contribution >= 0.6 is 15.9 Å². The highest BCUT2D eigenvalue weighted by Crippen LogP contribution is 2.41. The third-order valence-corrected chi connectivity index (χ3v) is 8.90. The number of carbonyl (C=O) groups excluding carboxylic acids is 1. The first-order valence-electron chi connectivity index (χ1n) is 13.8. The van der Waals surface area contributed by atoms with Gasteiger partial charge in [0.1, 0.15) is 28.7 Å². The average Bonchev–Trinajstić information content (AvgIpc) is 3.46. The van der Waals surface area contributed by atoms with Gasteiger partial charge in [-0.3, -0.25) is 4.79 Å². The van der Waals surface area contributed by atoms with Crippen LogP contribution in [0.15, 0.2) is 46.9 Å². The molecule has 2 aliphatic rings. The fourth-order valence-electron chi connectivity index (χ4n) is 6.37. The van der Waals surface area contributed by atoms with Crippen molar-refractivity contribution in [1.29, 1.82) is 5.26 Å². The predicted octanol–water partition coefficient (Wildman–Crippen LogP) is 5.54. The van der Waals surface area contributed by atoms with Crippen molar-refractivity contribution in [2.75, 3.05) is 0 Å². The molecule has 4 aromatic rings. The van der Waals surface area contributed by atoms with Crippen LogP contribution in [0.4, 0.5) is 8.78 Å². The van der Waals surface area contributed by atoms with Crippen LogP contribution in [-0.4, -0.2) is 54.6 Å². The van der Waals surface area contributed by atoms with Crippen molar-refractivity contribution in [2.24, 2.45) is 5.73 Å². The molecule has 42 heavy (non-hydrogen) atoms. The SMILES string of the molecule is CC(C)(O)Cn1nnc2cc(-c3ccc(C(=O)N4C5CCC4CC(N)C5)cc3-c3ccc(C#N)c(F)c3)c(F)c(Br)c21. The molecule has 2 saturated heterocycles. The summed E-state index contributed by atoms with van der Waals surface area (Å²) in [7, 11) is 0. The fraction of sp³-hybridized carbons (Fsp3) is 0.355. The Morgan fingerprint density at radius 3 is 2.48 bits per heavy atom. The van der Waals surface area contributed by atoms with Crippen molar-refractivity contribution in [1.82, 2.24) is 19.9 Å². The molecule has 0 saturated carbocycles. The van der Waals surface area contributed by atoms with E-state index in [9.17, 15) is 19.6 Å². The molecule has 1 amide bonds. The van der Waals surface area contributed by atoms with Crippen molar-refractivity contribution in [3.63, 3.8) is 0 Å². The number of nitriles is 1. The van der Waals surface area contributed by atoms with E-state index in [0.717, 1.165) is 25.7 Å². The van der Waals surface area contributed by atoms with Crippen LogP contribution < -0.4 is 5.73 Å². The summed E-state index contributed by atoms with van der Waals surface area (Å²) >= 11 is 3.37. The molecule has 11 heteroatoms. The van der Waals surface area contributed by atoms with E-state index in [2.05, 4.69) is 26.2 Å². The second-order valence-electron chi connectivity index (χ2n) is 11.9. The lowest BCUT2D eigenvalue weighted by atomic mass is 9.90. The lowest BCUT2D eigenvalue weighted by molar-refractivity contribution is 0.0571. The molecule has 1 aromatic heterocycles. The number of nitrogens with two attached hydrogens (primary N) is 1. The average molecular weight is 636 g/mol. The van der Waals surface area contributed by atoms with Gasteiger partial charge in [0.25, 0.3) is 5.91 Å². The van der Waals surface area contributed by atoms with Crippen LogP contribution in [0.5, 0.6) is 0 Å². The van der Waals surface area contributed by atoms with Crippen LogP contribution in [0.2, 0.25) is 0 Å². The summed E-state index contributed by atoms with van der Waals surface area (Å²) in [5, 5.41) is 27.9. The summed E-state index contributed by atoms with van der Waals surface area (Å²) < 4.78 is 32.5. The molecule has 2 aliphatic heterocycles. The number of aromatic nitrogens is 3. The topological polar surface area (TPSA) is 121 Å². The number of nitrogens with zero attached hydrogens (tertiary/aromatic N) is 5. The minimum Gasteiger partial charge on any atom is -0.389 e. The summed E-state index contributed by atoms with van der Waals surface area (Å²) in [6.45, 7) is 3.33. The van der Waals surface area contributed by atoms with Crippen molar-refractivity contribution in [2.45, 2.75) is 69.8 Å². The number of rotatable bonds is 5. The second kappa shape index (κ2) is 10.5. The normalized spacial score (nSPS) is 20.2. The molecule has 0 radical (unpaired) electrons. The lowest BCUT2D eigenvalue weighted by Crippen LogP contribution is -2.50. The molecule has 2 fully saturated rings. The number of hydrogen-bond donors (Lipinski definition) is 2. The molecule has 2 atom stereocenters. The molecule has 0 aliphatic carbocycles. The molecular weight excluding hydrogens is 606 g/mol. The minimum atomic E-state index is -1.11. The molecule has 0 spiro atoms. The van der Waals surface area contributed by atoms with Crippen LogP contribution in [0.1, 0.15) is 55.5 Å². The van der Waals surface area contributed by atoms with Gasteiger partial charge < -0.3 is 15.7 Å². The monoisotopic (exact) mass is 634 g/mol. The van der Waals surface area contributed by atoms with Crippen molar-refractivity contribution < 1.29 is 18.7 Å². The number of fused-ring (bicyclic) bond motifs is 3. The maximum Gasteiger partial charge on any atom is 0.254 e. The maximum atomic E-state index is 16.1. The molecule has 216 valence electrons. The van der Waals surface area contributed by atoms with Crippen molar-refractivity contribution >= 4 is 32.9 Å². The van der Waals surface area contributed by atoms with E-state index in [1.54, 1.807) is 44.2 Å². The van der Waals surface area contributed by atoms with Crippen LogP contribution in [-0.2, 0) is 6.54 Å². The molecule has 3 aromatic carbocycles. The van der Waals surface area contributed by atoms with E-state index in [0.29, 0.717) is 33.3 Å². The Bertz CT molecular complexity index is 1760. The highest BCUT2D eigenvalue weighted by molar-refractivity contribution is 9.10. The largest absolute Gasteiger partial charge is 0.389 e. The van der Waals surface area contributed by atoms with E-state index in [4.69, 9.17) is 5.73 Å². The van der Waals surface area contributed by atoms with Gasteiger partial charge in [0.05, 0.1) is 22.2 Å². The van der Waals surface area contributed by atoms with Gasteiger partial charge >= 0.3 is 0 Å². The number of aliphatic hydroxyl groups is 1. The smallest absolute Gasteiger partial charge is 0.254 e. The Hall–Kier alpha value is -3.72. The van der Waals surface area contributed by atoms with Crippen molar-refractivity contribution in [3.05, 3.63) is 69.7 Å². The zero-order valence-corrected chi connectivity index (χ0v) is 24.7. The van der Waals surface area contributed by atoms with Gasteiger partial charge in [-0.15, -0.1) is 5.10 Å². The molecule has 3 heterocycles. The summed E-state index contributed by atoms with van der Waals surface area (Å²) in [4.78, 5) is 15.7. The summed E-state index contributed by atoms with van der Waals surface area (Å²) in [5.74, 6) is -1.45. The van der Waals surface area contributed by atoms with Gasteiger partial charge in [-0.05, 0) is 102 Å². The predicted molar refractivity (Wildman–Crippen MR) is 157 cm³/mol. The number of benzene rings is 3. The summed E-state index contributed by atoms with van der Waals surface area (Å²) in [6, 6.07) is 12.8. The minimum absolute atomic E-state index is 0.0730. The van der Waals surface area contributed by atoms with E-state index < -0.39 is 17.2 Å². The Morgan fingerprint density at radius 1 is 1.12 bits per heavy atom. The first-order valence-corrected chi connectivity index (χ1v) is 14.6. The van der Waals surface area contributed by atoms with Crippen LogP contribution in [0, 0.1) is 23.0 Å². The standard InChI is InChI=1S/C31H29BrF2N6O2/c1-31(2,42)15-39-29-26(37-38-39)13-24(28(34)27(29)32)22-8-5-17(9-23(22)16-3-4-18(14-35)25(33)10-16)30(41)40-20-6-7-21(40)12-19(36)11-20/h3-5,8-10,13,19-21,42H,6-7,11-12,15,36H2,1-2H3. The number of amides is 1. The van der Waals surface area contributed by atoms with Gasteiger partial charge in [-0.2, -0.15) is 5.26 Å². The number of piperidine rings is 1. The Morgan fingerprint density at radius 2 is 1.83 bits per heavy atom. The van der Waals surface area contributed by atoms with E-state index in [1.165, 1.54) is 16.8 Å². The van der Waals surface area contributed by atoms with Gasteiger partial charge in [-0.25, -0.2) is 13.5 Å². The van der Waals surface area contributed by atoms with Crippen LogP contribution in [0.3, 0.4) is 0 Å². The second-order valence-corrected chi connectivity index (χ2v) is 12.7. The third kappa shape index (κ3) is 4.97. The number of hydrogen-bond acceptors (Lipinski definition) is 6. The quantitative estimate of drug-likeness (QED) is 0.297. The third-order valence-electron chi connectivity index (χ3n) is 8.18. The first-order chi connectivity index (χ1) is 19.9. The highest BCUT2D eigenvalue weighted by atomic mass is 79.9. The first kappa shape index (κ1) is 28.4. The van der Waals surface area contributed by atoms with Crippen LogP contribution in [0.25, 0.3) is 33.3 Å². The lowest BCUT2D eigenvalue weighted by Gasteiger charge is -2.38. The van der Waals surface area contributed by atoms with Crippen molar-refractivity contribution in [3.8, 4) is 28.3 Å². The highest BCUT2D eigenvalue weighted by Gasteiger charge is 2.42. The van der Waals surface area contributed by atoms with Gasteiger partial charge in [0, 0.05) is 29.3 Å². The van der Waals surface area contributed by atoms with Gasteiger partial charge in [-0.1, -0.05) is 17.3 Å². The summed E-state index contributed by atoms with van der Waals surface area (Å²) in [5.41, 5.74) is 7.58. The van der Waals surface area contributed by atoms with Gasteiger partial charge in [0.2, 0.25) is 0 Å². The molecule has 8 nitrogen and oxygen atoms in total. The molecule has 6 rings (SSSR count). The van der Waals surface area contributed by atoms with E-state index >= 15 is 4.39 Å². The fourth-order valence-corrected chi connectivity index (χ4v) is 6.99. The number of carbonyl (C=O) groups is 1. The Kier molecular flexibility index (Phi) is 7.12. The molecular formula is C31H29BrF2N6O2. The number of halogens is 3. The maximum absolute atomic E-state index is 16.1. The molecule has 3 N–H and O–H groups in total.